The maximum atomic E-state index is 9.76. The third kappa shape index (κ3) is 15.5. The minimum absolute atomic E-state index is 0.0985. The molecule has 0 fully saturated rings. The highest BCUT2D eigenvalue weighted by Gasteiger charge is 2.05. The Morgan fingerprint density at radius 2 is 1.84 bits per heavy atom. The number of thioether (sulfide) groups is 1. The Bertz CT molecular complexity index is 233. The van der Waals surface area contributed by atoms with Gasteiger partial charge in [0.05, 0.1) is 6.10 Å². The molecule has 19 heavy (non-hydrogen) atoms. The van der Waals surface area contributed by atoms with Gasteiger partial charge in [-0.2, -0.15) is 11.8 Å². The summed E-state index contributed by atoms with van der Waals surface area (Å²) in [7, 11) is 0. The molecule has 0 aromatic heterocycles. The molecule has 1 unspecified atom stereocenters. The smallest absolute Gasteiger partial charge is 0.0540 e. The molecule has 0 aliphatic heterocycles. The summed E-state index contributed by atoms with van der Waals surface area (Å²) in [5, 5.41) is 9.76. The number of allylic oxidation sites excluding steroid dienone is 2. The van der Waals surface area contributed by atoms with Gasteiger partial charge >= 0.3 is 0 Å². The highest BCUT2D eigenvalue weighted by atomic mass is 32.2. The summed E-state index contributed by atoms with van der Waals surface area (Å²) in [6, 6.07) is 0. The second kappa shape index (κ2) is 15.6. The zero-order valence-electron chi connectivity index (χ0n) is 13.0. The average molecular weight is 285 g/mol. The quantitative estimate of drug-likeness (QED) is 0.337. The molecular weight excluding hydrogens is 252 g/mol. The summed E-state index contributed by atoms with van der Waals surface area (Å²) < 4.78 is 0. The highest BCUT2D eigenvalue weighted by molar-refractivity contribution is 7.99. The molecule has 0 saturated carbocycles. The van der Waals surface area contributed by atoms with Crippen LogP contribution >= 0.6 is 11.8 Å². The average Bonchev–Trinajstić information content (AvgIpc) is 2.42. The van der Waals surface area contributed by atoms with Crippen LogP contribution in [0, 0.1) is 5.92 Å². The second-order valence-electron chi connectivity index (χ2n) is 4.89. The van der Waals surface area contributed by atoms with Gasteiger partial charge in [-0.25, -0.2) is 0 Å². The molecule has 0 rings (SSSR count). The molecular formula is C17H32OS. The van der Waals surface area contributed by atoms with Gasteiger partial charge in [-0.05, 0) is 49.9 Å². The van der Waals surface area contributed by atoms with Crippen LogP contribution in [0.15, 0.2) is 37.5 Å². The number of hydrogen-bond acceptors (Lipinski definition) is 2. The molecule has 0 bridgehead atoms. The van der Waals surface area contributed by atoms with Crippen LogP contribution < -0.4 is 0 Å². The van der Waals surface area contributed by atoms with Crippen molar-refractivity contribution in [2.24, 2.45) is 5.92 Å². The summed E-state index contributed by atoms with van der Waals surface area (Å²) in [6.45, 7) is 16.2. The number of hydrogen-bond donors (Lipinski definition) is 1. The van der Waals surface area contributed by atoms with Gasteiger partial charge in [-0.1, -0.05) is 32.6 Å². The van der Waals surface area contributed by atoms with E-state index in [1.165, 1.54) is 5.57 Å². The molecule has 1 N–H and O–H groups in total. The summed E-state index contributed by atoms with van der Waals surface area (Å²) in [6.07, 6.45) is 8.07. The zero-order chi connectivity index (χ0) is 15.1. The van der Waals surface area contributed by atoms with Gasteiger partial charge in [0.2, 0.25) is 0 Å². The Morgan fingerprint density at radius 3 is 2.32 bits per heavy atom. The van der Waals surface area contributed by atoms with Crippen molar-refractivity contribution in [3.05, 3.63) is 37.5 Å². The fourth-order valence-corrected chi connectivity index (χ4v) is 2.58. The molecule has 0 radical (unpaired) electrons. The predicted octanol–water partition coefficient (Wildman–Crippen LogP) is 5.23. The van der Waals surface area contributed by atoms with Crippen LogP contribution in [0.4, 0.5) is 0 Å². The van der Waals surface area contributed by atoms with Crippen molar-refractivity contribution in [3.8, 4) is 0 Å². The predicted molar refractivity (Wildman–Crippen MR) is 91.8 cm³/mol. The highest BCUT2D eigenvalue weighted by Crippen LogP contribution is 2.14. The van der Waals surface area contributed by atoms with E-state index < -0.39 is 0 Å². The van der Waals surface area contributed by atoms with E-state index in [2.05, 4.69) is 39.7 Å². The van der Waals surface area contributed by atoms with Crippen molar-refractivity contribution in [3.63, 3.8) is 0 Å². The minimum atomic E-state index is -0.0985. The van der Waals surface area contributed by atoms with Gasteiger partial charge in [0.1, 0.15) is 0 Å². The molecule has 0 aromatic carbocycles. The van der Waals surface area contributed by atoms with Crippen LogP contribution in [0.5, 0.6) is 0 Å². The van der Waals surface area contributed by atoms with E-state index in [-0.39, 0.29) is 6.10 Å². The number of aliphatic hydroxyl groups is 1. The van der Waals surface area contributed by atoms with E-state index in [0.29, 0.717) is 5.92 Å². The van der Waals surface area contributed by atoms with Crippen LogP contribution in [-0.2, 0) is 0 Å². The standard InChI is InChI=1S/C15H28OS.C2H4/c1-5-14(6-2)12-17-11-7-8-15(16)10-9-13(3)4;1-2/h5-6,13,15-16H,1,7-12H2,2-4H3;1-2H2/b14-6+;. The van der Waals surface area contributed by atoms with Crippen molar-refractivity contribution in [1.29, 1.82) is 0 Å². The van der Waals surface area contributed by atoms with Gasteiger partial charge in [0.25, 0.3) is 0 Å². The fraction of sp³-hybridized carbons (Fsp3) is 0.647. The normalized spacial score (nSPS) is 12.8. The van der Waals surface area contributed by atoms with Crippen molar-refractivity contribution < 1.29 is 5.11 Å². The molecule has 0 heterocycles. The first-order valence-corrected chi connectivity index (χ1v) is 8.29. The van der Waals surface area contributed by atoms with E-state index in [4.69, 9.17) is 0 Å². The first-order valence-electron chi connectivity index (χ1n) is 7.13. The Kier molecular flexibility index (Phi) is 17.1. The molecule has 0 aliphatic rings. The van der Waals surface area contributed by atoms with Crippen LogP contribution in [0.25, 0.3) is 0 Å². The second-order valence-corrected chi connectivity index (χ2v) is 5.99. The maximum Gasteiger partial charge on any atom is 0.0540 e. The van der Waals surface area contributed by atoms with Gasteiger partial charge in [0.15, 0.2) is 0 Å². The third-order valence-electron chi connectivity index (χ3n) is 2.80. The largest absolute Gasteiger partial charge is 0.393 e. The van der Waals surface area contributed by atoms with E-state index in [1.54, 1.807) is 0 Å². The molecule has 112 valence electrons. The Hall–Kier alpha value is -0.470. The molecule has 0 saturated heterocycles. The zero-order valence-corrected chi connectivity index (χ0v) is 13.8. The van der Waals surface area contributed by atoms with E-state index >= 15 is 0 Å². The summed E-state index contributed by atoms with van der Waals surface area (Å²) in [5.41, 5.74) is 1.30. The number of aliphatic hydroxyl groups excluding tert-OH is 1. The molecule has 0 spiro atoms. The Balaban J connectivity index is 0. The van der Waals surface area contributed by atoms with E-state index in [1.807, 2.05) is 24.8 Å². The topological polar surface area (TPSA) is 20.2 Å². The van der Waals surface area contributed by atoms with Crippen LogP contribution in [0.3, 0.4) is 0 Å². The molecule has 1 nitrogen and oxygen atoms in total. The third-order valence-corrected chi connectivity index (χ3v) is 3.92. The van der Waals surface area contributed by atoms with Crippen molar-refractivity contribution in [2.45, 2.75) is 52.6 Å². The maximum absolute atomic E-state index is 9.76. The first kappa shape index (κ1) is 20.8. The molecule has 0 aliphatic carbocycles. The lowest BCUT2D eigenvalue weighted by Crippen LogP contribution is -2.08. The lowest BCUT2D eigenvalue weighted by molar-refractivity contribution is 0.146. The first-order chi connectivity index (χ1) is 9.10. The Labute approximate surface area is 124 Å². The minimum Gasteiger partial charge on any atom is -0.393 e. The summed E-state index contributed by atoms with van der Waals surface area (Å²) in [4.78, 5) is 0. The van der Waals surface area contributed by atoms with Gasteiger partial charge in [-0.15, -0.1) is 13.2 Å². The summed E-state index contributed by atoms with van der Waals surface area (Å²) in [5.74, 6) is 2.87. The van der Waals surface area contributed by atoms with Crippen molar-refractivity contribution >= 4 is 11.8 Å². The SMILES string of the molecule is C=C.C=C/C(=C\C)CSCCCC(O)CCC(C)C. The van der Waals surface area contributed by atoms with Gasteiger partial charge < -0.3 is 5.11 Å². The molecule has 1 atom stereocenters. The van der Waals surface area contributed by atoms with Crippen LogP contribution in [-0.4, -0.2) is 22.7 Å². The van der Waals surface area contributed by atoms with Crippen LogP contribution in [0.1, 0.15) is 46.5 Å². The van der Waals surface area contributed by atoms with Crippen LogP contribution in [0.2, 0.25) is 0 Å². The van der Waals surface area contributed by atoms with E-state index in [9.17, 15) is 5.11 Å². The monoisotopic (exact) mass is 284 g/mol. The summed E-state index contributed by atoms with van der Waals surface area (Å²) >= 11 is 1.93. The van der Waals surface area contributed by atoms with Crippen molar-refractivity contribution in [1.82, 2.24) is 0 Å². The fourth-order valence-electron chi connectivity index (χ4n) is 1.54. The van der Waals surface area contributed by atoms with Gasteiger partial charge in [-0.3, -0.25) is 0 Å². The van der Waals surface area contributed by atoms with Gasteiger partial charge in [0, 0.05) is 5.75 Å². The molecule has 0 amide bonds. The van der Waals surface area contributed by atoms with Crippen molar-refractivity contribution in [2.75, 3.05) is 11.5 Å². The number of rotatable bonds is 10. The molecule has 0 aromatic rings. The molecule has 2 heteroatoms. The lowest BCUT2D eigenvalue weighted by atomic mass is 10.0. The Morgan fingerprint density at radius 1 is 1.21 bits per heavy atom. The van der Waals surface area contributed by atoms with E-state index in [0.717, 1.165) is 37.2 Å². The lowest BCUT2D eigenvalue weighted by Gasteiger charge is -2.11.